The summed E-state index contributed by atoms with van der Waals surface area (Å²) >= 11 is 0. The number of aliphatic hydroxyl groups excluding tert-OH is 1. The lowest BCUT2D eigenvalue weighted by Gasteiger charge is -2.18. The van der Waals surface area contributed by atoms with Crippen molar-refractivity contribution in [1.82, 2.24) is 5.06 Å². The van der Waals surface area contributed by atoms with E-state index in [1.807, 2.05) is 0 Å². The van der Waals surface area contributed by atoms with E-state index in [1.165, 1.54) is 0 Å². The van der Waals surface area contributed by atoms with Gasteiger partial charge in [0.25, 0.3) is 5.91 Å². The van der Waals surface area contributed by atoms with Gasteiger partial charge in [-0.25, -0.2) is 4.79 Å². The molecule has 6 nitrogen and oxygen atoms in total. The Balaban J connectivity index is 2.38. The highest BCUT2D eigenvalue weighted by atomic mass is 16.7. The van der Waals surface area contributed by atoms with Gasteiger partial charge in [-0.15, -0.1) is 5.06 Å². The molecule has 14 heavy (non-hydrogen) atoms. The number of hydroxylamine groups is 2. The van der Waals surface area contributed by atoms with Crippen molar-refractivity contribution in [2.45, 2.75) is 31.9 Å². The van der Waals surface area contributed by atoms with Crippen LogP contribution >= 0.6 is 0 Å². The van der Waals surface area contributed by atoms with Crippen LogP contribution < -0.4 is 0 Å². The summed E-state index contributed by atoms with van der Waals surface area (Å²) in [5.74, 6) is -1.11. The predicted octanol–water partition coefficient (Wildman–Crippen LogP) is -0.636. The van der Waals surface area contributed by atoms with Crippen molar-refractivity contribution in [3.8, 4) is 0 Å². The molecule has 0 aromatic carbocycles. The van der Waals surface area contributed by atoms with Gasteiger partial charge in [0.15, 0.2) is 6.23 Å². The molecule has 1 rings (SSSR count). The number of rotatable bonds is 4. The molecule has 1 fully saturated rings. The Bertz CT molecular complexity index is 252. The third-order valence-electron chi connectivity index (χ3n) is 1.80. The van der Waals surface area contributed by atoms with Gasteiger partial charge in [0, 0.05) is 19.3 Å². The average molecular weight is 201 g/mol. The van der Waals surface area contributed by atoms with Crippen LogP contribution in [0.15, 0.2) is 0 Å². The highest BCUT2D eigenvalue weighted by Gasteiger charge is 2.32. The van der Waals surface area contributed by atoms with Crippen LogP contribution in [0.1, 0.15) is 25.7 Å². The molecule has 0 spiro atoms. The number of hydrogen-bond donors (Lipinski definition) is 1. The first-order chi connectivity index (χ1) is 6.65. The van der Waals surface area contributed by atoms with E-state index in [9.17, 15) is 19.5 Å². The van der Waals surface area contributed by atoms with E-state index in [1.54, 1.807) is 0 Å². The van der Waals surface area contributed by atoms with E-state index in [0.29, 0.717) is 11.3 Å². The minimum atomic E-state index is -1.05. The fourth-order valence-corrected chi connectivity index (χ4v) is 1.09. The molecule has 1 aliphatic heterocycles. The number of amides is 1. The molecule has 1 aliphatic rings. The molecule has 0 aromatic heterocycles. The molecule has 1 atom stereocenters. The van der Waals surface area contributed by atoms with Crippen LogP contribution in [0.25, 0.3) is 0 Å². The summed E-state index contributed by atoms with van der Waals surface area (Å²) in [7, 11) is 0. The van der Waals surface area contributed by atoms with Crippen molar-refractivity contribution in [1.29, 1.82) is 0 Å². The molecule has 0 aromatic rings. The Morgan fingerprint density at radius 3 is 2.93 bits per heavy atom. The molecule has 0 radical (unpaired) electrons. The van der Waals surface area contributed by atoms with Gasteiger partial charge in [0.2, 0.25) is 0 Å². The summed E-state index contributed by atoms with van der Waals surface area (Å²) < 4.78 is 0. The van der Waals surface area contributed by atoms with Crippen molar-refractivity contribution < 1.29 is 24.3 Å². The molecule has 6 heteroatoms. The van der Waals surface area contributed by atoms with Crippen LogP contribution in [0.3, 0.4) is 0 Å². The normalized spacial score (nSPS) is 21.1. The zero-order valence-electron chi connectivity index (χ0n) is 7.51. The smallest absolute Gasteiger partial charge is 0.333 e. The van der Waals surface area contributed by atoms with Gasteiger partial charge in [0.1, 0.15) is 6.29 Å². The zero-order chi connectivity index (χ0) is 10.6. The van der Waals surface area contributed by atoms with Gasteiger partial charge >= 0.3 is 5.97 Å². The van der Waals surface area contributed by atoms with Crippen molar-refractivity contribution in [3.05, 3.63) is 0 Å². The molecule has 0 saturated carbocycles. The molecule has 1 N–H and O–H groups in total. The third kappa shape index (κ3) is 2.53. The monoisotopic (exact) mass is 201 g/mol. The van der Waals surface area contributed by atoms with E-state index >= 15 is 0 Å². The minimum Gasteiger partial charge on any atom is -0.370 e. The lowest BCUT2D eigenvalue weighted by molar-refractivity contribution is -0.220. The maximum atomic E-state index is 11.0. The summed E-state index contributed by atoms with van der Waals surface area (Å²) in [5.41, 5.74) is 0. The fraction of sp³-hybridized carbons (Fsp3) is 0.625. The molecule has 1 heterocycles. The van der Waals surface area contributed by atoms with E-state index in [4.69, 9.17) is 0 Å². The number of carbonyl (C=O) groups is 3. The van der Waals surface area contributed by atoms with Crippen LogP contribution in [0.4, 0.5) is 0 Å². The summed E-state index contributed by atoms with van der Waals surface area (Å²) in [5, 5.41) is 9.85. The molecule has 1 amide bonds. The quantitative estimate of drug-likeness (QED) is 0.612. The Hall–Kier alpha value is -1.43. The van der Waals surface area contributed by atoms with Crippen molar-refractivity contribution in [2.75, 3.05) is 0 Å². The first kappa shape index (κ1) is 10.6. The molecule has 1 saturated heterocycles. The third-order valence-corrected chi connectivity index (χ3v) is 1.80. The summed E-state index contributed by atoms with van der Waals surface area (Å²) in [6.07, 6.45) is -0.0646. The molecule has 0 unspecified atom stereocenters. The van der Waals surface area contributed by atoms with Crippen LogP contribution in [-0.2, 0) is 19.2 Å². The number of carbonyl (C=O) groups excluding carboxylic acids is 3. The largest absolute Gasteiger partial charge is 0.370 e. The molecular formula is C8H11NO5. The number of nitrogens with zero attached hydrogens (tertiary/aromatic N) is 1. The Kier molecular flexibility index (Phi) is 3.58. The zero-order valence-corrected chi connectivity index (χ0v) is 7.51. The average Bonchev–Trinajstić information content (AvgIpc) is 2.46. The number of hydrogen-bond acceptors (Lipinski definition) is 5. The standard InChI is InChI=1S/C8H11NO5/c10-5-1-2-8(13)14-9-6(11)3-4-7(9)12/h5-6,11H,1-4H2/t6-/m0/s1. The van der Waals surface area contributed by atoms with E-state index in [-0.39, 0.29) is 25.7 Å². The van der Waals surface area contributed by atoms with Crippen molar-refractivity contribution in [2.24, 2.45) is 0 Å². The van der Waals surface area contributed by atoms with Gasteiger partial charge in [-0.05, 0) is 0 Å². The van der Waals surface area contributed by atoms with E-state index in [0.717, 1.165) is 0 Å². The Morgan fingerprint density at radius 1 is 1.71 bits per heavy atom. The van der Waals surface area contributed by atoms with Gasteiger partial charge in [-0.1, -0.05) is 0 Å². The summed E-state index contributed by atoms with van der Waals surface area (Å²) in [4.78, 5) is 36.5. The molecule has 0 bridgehead atoms. The van der Waals surface area contributed by atoms with Gasteiger partial charge in [-0.2, -0.15) is 0 Å². The van der Waals surface area contributed by atoms with Crippen molar-refractivity contribution >= 4 is 18.2 Å². The highest BCUT2D eigenvalue weighted by molar-refractivity contribution is 5.80. The van der Waals surface area contributed by atoms with Crippen LogP contribution in [-0.4, -0.2) is 34.6 Å². The fourth-order valence-electron chi connectivity index (χ4n) is 1.09. The number of aliphatic hydroxyl groups is 1. The van der Waals surface area contributed by atoms with E-state index in [2.05, 4.69) is 4.84 Å². The lowest BCUT2D eigenvalue weighted by Crippen LogP contribution is -2.35. The maximum Gasteiger partial charge on any atom is 0.333 e. The molecule has 78 valence electrons. The highest BCUT2D eigenvalue weighted by Crippen LogP contribution is 2.16. The molecular weight excluding hydrogens is 190 g/mol. The van der Waals surface area contributed by atoms with E-state index < -0.39 is 18.1 Å². The maximum absolute atomic E-state index is 11.0. The number of aldehydes is 1. The minimum absolute atomic E-state index is 0.0525. The lowest BCUT2D eigenvalue weighted by atomic mass is 10.3. The summed E-state index contributed by atoms with van der Waals surface area (Å²) in [6, 6.07) is 0. The Labute approximate surface area is 80.4 Å². The second-order valence-electron chi connectivity index (χ2n) is 2.91. The topological polar surface area (TPSA) is 83.9 Å². The van der Waals surface area contributed by atoms with Gasteiger partial charge in [0.05, 0.1) is 6.42 Å². The summed E-state index contributed by atoms with van der Waals surface area (Å²) in [6.45, 7) is 0. The van der Waals surface area contributed by atoms with Crippen LogP contribution in [0.2, 0.25) is 0 Å². The predicted molar refractivity (Wildman–Crippen MR) is 43.5 cm³/mol. The SMILES string of the molecule is O=CCCC(=O)ON1C(=O)CC[C@@H]1O. The second kappa shape index (κ2) is 4.71. The van der Waals surface area contributed by atoms with Gasteiger partial charge in [-0.3, -0.25) is 4.79 Å². The Morgan fingerprint density at radius 2 is 2.43 bits per heavy atom. The van der Waals surface area contributed by atoms with Crippen LogP contribution in [0, 0.1) is 0 Å². The van der Waals surface area contributed by atoms with Gasteiger partial charge < -0.3 is 14.7 Å². The first-order valence-corrected chi connectivity index (χ1v) is 4.29. The van der Waals surface area contributed by atoms with Crippen molar-refractivity contribution in [3.63, 3.8) is 0 Å². The van der Waals surface area contributed by atoms with Crippen LogP contribution in [0.5, 0.6) is 0 Å². The first-order valence-electron chi connectivity index (χ1n) is 4.29. The second-order valence-corrected chi connectivity index (χ2v) is 2.91. The molecule has 0 aliphatic carbocycles.